The molecule has 6 heteroatoms. The van der Waals surface area contributed by atoms with Gasteiger partial charge in [0.1, 0.15) is 6.04 Å². The quantitative estimate of drug-likeness (QED) is 0.791. The summed E-state index contributed by atoms with van der Waals surface area (Å²) in [6.45, 7) is 1.87. The fourth-order valence-corrected chi connectivity index (χ4v) is 1.64. The van der Waals surface area contributed by atoms with Crippen molar-refractivity contribution in [3.63, 3.8) is 0 Å². The van der Waals surface area contributed by atoms with Gasteiger partial charge in [-0.2, -0.15) is 0 Å². The molecule has 2 N–H and O–H groups in total. The van der Waals surface area contributed by atoms with Gasteiger partial charge in [0.15, 0.2) is 5.01 Å². The zero-order valence-electron chi connectivity index (χ0n) is 8.27. The average Bonchev–Trinajstić information content (AvgIpc) is 2.69. The Labute approximate surface area is 91.1 Å². The summed E-state index contributed by atoms with van der Waals surface area (Å²) in [6, 6.07) is -0.827. The highest BCUT2D eigenvalue weighted by Crippen LogP contribution is 2.05. The summed E-state index contributed by atoms with van der Waals surface area (Å²) in [5.74, 6) is -1.44. The Kier molecular flexibility index (Phi) is 4.23. The third kappa shape index (κ3) is 3.32. The fraction of sp³-hybridized carbons (Fsp3) is 0.444. The number of carbonyl (C=O) groups excluding carboxylic acids is 1. The van der Waals surface area contributed by atoms with E-state index < -0.39 is 17.9 Å². The number of nitrogens with zero attached hydrogens (tertiary/aromatic N) is 1. The van der Waals surface area contributed by atoms with Crippen LogP contribution in [0.4, 0.5) is 0 Å². The molecule has 1 amide bonds. The second-order valence-electron chi connectivity index (χ2n) is 2.99. The Morgan fingerprint density at radius 2 is 2.40 bits per heavy atom. The molecule has 1 aromatic heterocycles. The van der Waals surface area contributed by atoms with Gasteiger partial charge in [-0.15, -0.1) is 11.3 Å². The van der Waals surface area contributed by atoms with Crippen molar-refractivity contribution in [2.45, 2.75) is 25.8 Å². The monoisotopic (exact) mass is 228 g/mol. The number of nitrogens with one attached hydrogen (secondary N) is 1. The van der Waals surface area contributed by atoms with Crippen LogP contribution in [0.3, 0.4) is 0 Å². The lowest BCUT2D eigenvalue weighted by atomic mass is 10.2. The van der Waals surface area contributed by atoms with E-state index in [0.717, 1.165) is 0 Å². The Morgan fingerprint density at radius 3 is 2.87 bits per heavy atom. The molecule has 0 saturated heterocycles. The van der Waals surface area contributed by atoms with Crippen LogP contribution in [0.25, 0.3) is 0 Å². The lowest BCUT2D eigenvalue weighted by Gasteiger charge is -2.11. The standard InChI is InChI=1S/C9H12N2O3S/c1-2-3-6(9(13)14)11-7(12)8-10-4-5-15-8/h4-6H,2-3H2,1H3,(H,11,12)(H,13,14). The highest BCUT2D eigenvalue weighted by atomic mass is 32.1. The zero-order chi connectivity index (χ0) is 11.3. The van der Waals surface area contributed by atoms with E-state index in [9.17, 15) is 9.59 Å². The maximum Gasteiger partial charge on any atom is 0.326 e. The molecular formula is C9H12N2O3S. The van der Waals surface area contributed by atoms with E-state index >= 15 is 0 Å². The maximum absolute atomic E-state index is 11.5. The van der Waals surface area contributed by atoms with Gasteiger partial charge in [-0.05, 0) is 6.42 Å². The number of hydrogen-bond acceptors (Lipinski definition) is 4. The van der Waals surface area contributed by atoms with Crippen LogP contribution in [-0.2, 0) is 4.79 Å². The summed E-state index contributed by atoms with van der Waals surface area (Å²) >= 11 is 1.19. The van der Waals surface area contributed by atoms with E-state index in [1.807, 2.05) is 6.92 Å². The van der Waals surface area contributed by atoms with Crippen molar-refractivity contribution in [1.29, 1.82) is 0 Å². The number of carboxylic acids is 1. The molecule has 0 aliphatic rings. The van der Waals surface area contributed by atoms with E-state index in [1.54, 1.807) is 5.38 Å². The number of thiazole rings is 1. The first-order valence-corrected chi connectivity index (χ1v) is 5.46. The van der Waals surface area contributed by atoms with Crippen LogP contribution in [0.2, 0.25) is 0 Å². The molecular weight excluding hydrogens is 216 g/mol. The molecule has 0 radical (unpaired) electrons. The van der Waals surface area contributed by atoms with Crippen molar-refractivity contribution < 1.29 is 14.7 Å². The second-order valence-corrected chi connectivity index (χ2v) is 3.88. The predicted molar refractivity (Wildman–Crippen MR) is 55.9 cm³/mol. The van der Waals surface area contributed by atoms with Gasteiger partial charge in [0.2, 0.25) is 0 Å². The molecule has 0 fully saturated rings. The fourth-order valence-electron chi connectivity index (χ4n) is 1.10. The van der Waals surface area contributed by atoms with Crippen molar-refractivity contribution in [2.75, 3.05) is 0 Å². The van der Waals surface area contributed by atoms with Crippen molar-refractivity contribution in [2.24, 2.45) is 0 Å². The molecule has 5 nitrogen and oxygen atoms in total. The minimum absolute atomic E-state index is 0.289. The summed E-state index contributed by atoms with van der Waals surface area (Å²) in [5, 5.41) is 13.2. The Morgan fingerprint density at radius 1 is 1.67 bits per heavy atom. The number of carbonyl (C=O) groups is 2. The molecule has 1 unspecified atom stereocenters. The Hall–Kier alpha value is -1.43. The number of rotatable bonds is 5. The third-order valence-electron chi connectivity index (χ3n) is 1.81. The third-order valence-corrected chi connectivity index (χ3v) is 2.58. The Balaban J connectivity index is 2.59. The van der Waals surface area contributed by atoms with Crippen molar-refractivity contribution in [3.05, 3.63) is 16.6 Å². The smallest absolute Gasteiger partial charge is 0.326 e. The molecule has 0 spiro atoms. The highest BCUT2D eigenvalue weighted by molar-refractivity contribution is 7.11. The average molecular weight is 228 g/mol. The summed E-state index contributed by atoms with van der Waals surface area (Å²) in [5.41, 5.74) is 0. The molecule has 1 rings (SSSR count). The largest absolute Gasteiger partial charge is 0.480 e. The van der Waals surface area contributed by atoms with Gasteiger partial charge in [0.25, 0.3) is 5.91 Å². The van der Waals surface area contributed by atoms with Crippen LogP contribution in [-0.4, -0.2) is 28.0 Å². The molecule has 1 atom stereocenters. The molecule has 15 heavy (non-hydrogen) atoms. The van der Waals surface area contributed by atoms with Crippen molar-refractivity contribution in [3.8, 4) is 0 Å². The Bertz CT molecular complexity index is 337. The first-order valence-electron chi connectivity index (χ1n) is 4.58. The topological polar surface area (TPSA) is 79.3 Å². The molecule has 0 saturated carbocycles. The second kappa shape index (κ2) is 5.45. The van der Waals surface area contributed by atoms with Gasteiger partial charge < -0.3 is 10.4 Å². The summed E-state index contributed by atoms with van der Waals surface area (Å²) in [4.78, 5) is 26.0. The lowest BCUT2D eigenvalue weighted by Crippen LogP contribution is -2.40. The van der Waals surface area contributed by atoms with Crippen LogP contribution >= 0.6 is 11.3 Å². The van der Waals surface area contributed by atoms with Gasteiger partial charge in [-0.1, -0.05) is 13.3 Å². The van der Waals surface area contributed by atoms with Gasteiger partial charge in [-0.25, -0.2) is 9.78 Å². The van der Waals surface area contributed by atoms with Crippen LogP contribution in [0.15, 0.2) is 11.6 Å². The van der Waals surface area contributed by atoms with Crippen LogP contribution < -0.4 is 5.32 Å². The van der Waals surface area contributed by atoms with E-state index in [-0.39, 0.29) is 5.01 Å². The van der Waals surface area contributed by atoms with Crippen molar-refractivity contribution >= 4 is 23.2 Å². The van der Waals surface area contributed by atoms with Gasteiger partial charge in [-0.3, -0.25) is 4.79 Å². The van der Waals surface area contributed by atoms with Crippen molar-refractivity contribution in [1.82, 2.24) is 10.3 Å². The van der Waals surface area contributed by atoms with Gasteiger partial charge in [0.05, 0.1) is 0 Å². The van der Waals surface area contributed by atoms with Gasteiger partial charge in [0, 0.05) is 11.6 Å². The molecule has 1 heterocycles. The first-order chi connectivity index (χ1) is 7.15. The highest BCUT2D eigenvalue weighted by Gasteiger charge is 2.20. The van der Waals surface area contributed by atoms with Gasteiger partial charge >= 0.3 is 5.97 Å². The zero-order valence-corrected chi connectivity index (χ0v) is 9.08. The van der Waals surface area contributed by atoms with E-state index in [1.165, 1.54) is 17.5 Å². The number of carboxylic acid groups (broad SMARTS) is 1. The molecule has 0 bridgehead atoms. The molecule has 0 aromatic carbocycles. The normalized spacial score (nSPS) is 12.1. The number of aromatic nitrogens is 1. The lowest BCUT2D eigenvalue weighted by molar-refractivity contribution is -0.139. The SMILES string of the molecule is CCCC(NC(=O)c1nccs1)C(=O)O. The minimum atomic E-state index is -1.01. The summed E-state index contributed by atoms with van der Waals surface area (Å²) in [6.07, 6.45) is 2.64. The number of hydrogen-bond donors (Lipinski definition) is 2. The van der Waals surface area contributed by atoms with E-state index in [0.29, 0.717) is 12.8 Å². The van der Waals surface area contributed by atoms with Crippen LogP contribution in [0.1, 0.15) is 29.6 Å². The summed E-state index contributed by atoms with van der Waals surface area (Å²) < 4.78 is 0. The van der Waals surface area contributed by atoms with E-state index in [2.05, 4.69) is 10.3 Å². The molecule has 82 valence electrons. The number of amides is 1. The predicted octanol–water partition coefficient (Wildman–Crippen LogP) is 1.13. The summed E-state index contributed by atoms with van der Waals surface area (Å²) in [7, 11) is 0. The molecule has 0 aliphatic heterocycles. The first kappa shape index (κ1) is 11.6. The molecule has 1 aromatic rings. The minimum Gasteiger partial charge on any atom is -0.480 e. The maximum atomic E-state index is 11.5. The van der Waals surface area contributed by atoms with Crippen LogP contribution in [0, 0.1) is 0 Å². The van der Waals surface area contributed by atoms with Crippen LogP contribution in [0.5, 0.6) is 0 Å². The molecule has 0 aliphatic carbocycles. The van der Waals surface area contributed by atoms with E-state index in [4.69, 9.17) is 5.11 Å². The number of aliphatic carboxylic acids is 1.